The molecule has 0 radical (unpaired) electrons. The lowest BCUT2D eigenvalue weighted by Crippen LogP contribution is -2.46. The van der Waals surface area contributed by atoms with E-state index >= 15 is 0 Å². The Morgan fingerprint density at radius 1 is 1.38 bits per heavy atom. The van der Waals surface area contributed by atoms with Gasteiger partial charge in [-0.05, 0) is 0 Å². The van der Waals surface area contributed by atoms with Crippen LogP contribution in [0.2, 0.25) is 0 Å². The smallest absolute Gasteiger partial charge is 0.273 e. The van der Waals surface area contributed by atoms with Crippen molar-refractivity contribution >= 4 is 28.3 Å². The third-order valence-corrected chi connectivity index (χ3v) is 3.23. The normalized spacial score (nSPS) is 10.9. The summed E-state index contributed by atoms with van der Waals surface area (Å²) in [6.45, 7) is 3.00. The molecule has 0 unspecified atom stereocenters. The van der Waals surface area contributed by atoms with E-state index in [-0.39, 0.29) is 12.8 Å². The maximum atomic E-state index is 12.7. The van der Waals surface area contributed by atoms with Crippen molar-refractivity contribution in [3.05, 3.63) is 10.6 Å². The molecule has 6 nitrogen and oxygen atoms in total. The third kappa shape index (κ3) is 3.91. The molecular weight excluding hydrogens is 309 g/mol. The highest BCUT2D eigenvalue weighted by atomic mass is 32.1. The number of nitrogens with one attached hydrogen (secondary N) is 1. The van der Waals surface area contributed by atoms with Gasteiger partial charge in [-0.3, -0.25) is 15.0 Å². The average Bonchev–Trinajstić information content (AvgIpc) is 2.87. The van der Waals surface area contributed by atoms with E-state index in [2.05, 4.69) is 10.4 Å². The number of anilines is 1. The number of carbonyl (C=O) groups excluding carboxylic acids is 2. The van der Waals surface area contributed by atoms with Gasteiger partial charge in [0.05, 0.1) is 0 Å². The summed E-state index contributed by atoms with van der Waals surface area (Å²) in [5.41, 5.74) is 0.795. The molecule has 114 valence electrons. The molecule has 1 aromatic heterocycles. The van der Waals surface area contributed by atoms with Crippen LogP contribution in [0, 0.1) is 11.3 Å². The number of hydrogen-bond donors (Lipinski definition) is 1. The second-order valence-electron chi connectivity index (χ2n) is 3.75. The van der Waals surface area contributed by atoms with Gasteiger partial charge in [0, 0.05) is 12.8 Å². The number of halogens is 3. The quantitative estimate of drug-likeness (QED) is 0.865. The summed E-state index contributed by atoms with van der Waals surface area (Å²) in [6, 6.07) is 1.39. The molecule has 1 rings (SSSR count). The molecule has 0 atom stereocenters. The number of hydrazine groups is 1. The molecule has 2 amide bonds. The first kappa shape index (κ1) is 16.9. The van der Waals surface area contributed by atoms with Crippen molar-refractivity contribution in [2.45, 2.75) is 32.9 Å². The third-order valence-electron chi connectivity index (χ3n) is 2.29. The van der Waals surface area contributed by atoms with Crippen molar-refractivity contribution in [2.75, 3.05) is 5.01 Å². The largest absolute Gasteiger partial charge is 0.435 e. The first-order chi connectivity index (χ1) is 9.74. The van der Waals surface area contributed by atoms with Gasteiger partial charge in [-0.2, -0.15) is 23.4 Å². The lowest BCUT2D eigenvalue weighted by molar-refractivity contribution is -0.141. The lowest BCUT2D eigenvalue weighted by atomic mass is 10.4. The van der Waals surface area contributed by atoms with Crippen molar-refractivity contribution in [1.82, 2.24) is 10.4 Å². The number of carbonyl (C=O) groups is 2. The van der Waals surface area contributed by atoms with E-state index in [1.807, 2.05) is 0 Å². The Balaban J connectivity index is 3.26. The lowest BCUT2D eigenvalue weighted by Gasteiger charge is -2.19. The van der Waals surface area contributed by atoms with Gasteiger partial charge >= 0.3 is 6.18 Å². The molecule has 1 heterocycles. The van der Waals surface area contributed by atoms with Crippen molar-refractivity contribution in [3.8, 4) is 6.07 Å². The van der Waals surface area contributed by atoms with Gasteiger partial charge < -0.3 is 0 Å². The molecule has 0 spiro atoms. The highest BCUT2D eigenvalue weighted by Gasteiger charge is 2.39. The Morgan fingerprint density at radius 2 is 2.00 bits per heavy atom. The second-order valence-corrected chi connectivity index (χ2v) is 4.73. The monoisotopic (exact) mass is 320 g/mol. The fraction of sp³-hybridized carbons (Fsp3) is 0.455. The second kappa shape index (κ2) is 6.53. The number of nitrogens with zero attached hydrogens (tertiary/aromatic N) is 3. The Kier molecular flexibility index (Phi) is 5.26. The zero-order valence-electron chi connectivity index (χ0n) is 11.1. The van der Waals surface area contributed by atoms with Crippen molar-refractivity contribution in [2.24, 2.45) is 0 Å². The molecule has 10 heteroatoms. The van der Waals surface area contributed by atoms with Crippen molar-refractivity contribution in [3.63, 3.8) is 0 Å². The van der Waals surface area contributed by atoms with Gasteiger partial charge in [0.2, 0.25) is 16.9 Å². The van der Waals surface area contributed by atoms with E-state index in [4.69, 9.17) is 5.26 Å². The van der Waals surface area contributed by atoms with Gasteiger partial charge in [0.1, 0.15) is 10.9 Å². The minimum atomic E-state index is -4.81. The number of aromatic nitrogens is 1. The van der Waals surface area contributed by atoms with Crippen molar-refractivity contribution in [1.29, 1.82) is 5.26 Å². The van der Waals surface area contributed by atoms with Crippen LogP contribution in [-0.2, 0) is 15.8 Å². The Labute approximate surface area is 122 Å². The summed E-state index contributed by atoms with van der Waals surface area (Å²) >= 11 is 0.389. The molecule has 0 saturated carbocycles. The minimum absolute atomic E-state index is 0.0378. The van der Waals surface area contributed by atoms with Crippen LogP contribution in [-0.4, -0.2) is 16.8 Å². The first-order valence-corrected chi connectivity index (χ1v) is 6.66. The molecule has 0 aromatic carbocycles. The van der Waals surface area contributed by atoms with E-state index in [1.54, 1.807) is 0 Å². The summed E-state index contributed by atoms with van der Waals surface area (Å²) in [4.78, 5) is 25.7. The molecule has 21 heavy (non-hydrogen) atoms. The minimum Gasteiger partial charge on any atom is -0.273 e. The SMILES string of the molecule is CCC(=O)NN(C(=O)CC)c1nc(C(F)(F)F)c(C#N)s1. The zero-order chi connectivity index (χ0) is 16.2. The molecule has 0 aliphatic rings. The first-order valence-electron chi connectivity index (χ1n) is 5.85. The molecule has 1 aromatic rings. The number of nitriles is 1. The predicted octanol–water partition coefficient (Wildman–Crippen LogP) is 2.22. The fourth-order valence-corrected chi connectivity index (χ4v) is 2.11. The predicted molar refractivity (Wildman–Crippen MR) is 68.0 cm³/mol. The number of alkyl halides is 3. The maximum absolute atomic E-state index is 12.7. The van der Waals surface area contributed by atoms with Crippen LogP contribution in [0.15, 0.2) is 0 Å². The molecule has 0 bridgehead atoms. The summed E-state index contributed by atoms with van der Waals surface area (Å²) in [7, 11) is 0. The highest BCUT2D eigenvalue weighted by Crippen LogP contribution is 2.36. The van der Waals surface area contributed by atoms with Crippen LogP contribution < -0.4 is 10.4 Å². The Bertz CT molecular complexity index is 591. The summed E-state index contributed by atoms with van der Waals surface area (Å²) in [5.74, 6) is -1.19. The number of amides is 2. The fourth-order valence-electron chi connectivity index (χ4n) is 1.25. The number of rotatable bonds is 3. The topological polar surface area (TPSA) is 86.1 Å². The Hall–Kier alpha value is -2.15. The van der Waals surface area contributed by atoms with Crippen LogP contribution in [0.25, 0.3) is 0 Å². The highest BCUT2D eigenvalue weighted by molar-refractivity contribution is 7.16. The van der Waals surface area contributed by atoms with Gasteiger partial charge in [0.25, 0.3) is 0 Å². The van der Waals surface area contributed by atoms with Crippen LogP contribution in [0.1, 0.15) is 37.3 Å². The molecule has 0 aliphatic heterocycles. The van der Waals surface area contributed by atoms with Gasteiger partial charge in [-0.1, -0.05) is 25.2 Å². The van der Waals surface area contributed by atoms with Crippen LogP contribution in [0.4, 0.5) is 18.3 Å². The van der Waals surface area contributed by atoms with Gasteiger partial charge in [-0.25, -0.2) is 4.98 Å². The zero-order valence-corrected chi connectivity index (χ0v) is 11.9. The maximum Gasteiger partial charge on any atom is 0.435 e. The molecule has 0 fully saturated rings. The van der Waals surface area contributed by atoms with E-state index in [0.717, 1.165) is 0 Å². The van der Waals surface area contributed by atoms with E-state index in [0.29, 0.717) is 16.3 Å². The summed E-state index contributed by atoms with van der Waals surface area (Å²) < 4.78 is 38.2. The summed E-state index contributed by atoms with van der Waals surface area (Å²) in [6.07, 6.45) is -4.82. The van der Waals surface area contributed by atoms with E-state index in [9.17, 15) is 22.8 Å². The van der Waals surface area contributed by atoms with Crippen LogP contribution >= 0.6 is 11.3 Å². The molecular formula is C11H11F3N4O2S. The van der Waals surface area contributed by atoms with Crippen molar-refractivity contribution < 1.29 is 22.8 Å². The molecule has 1 N–H and O–H groups in total. The Morgan fingerprint density at radius 3 is 2.38 bits per heavy atom. The van der Waals surface area contributed by atoms with Gasteiger partial charge in [-0.15, -0.1) is 0 Å². The molecule has 0 aliphatic carbocycles. The van der Waals surface area contributed by atoms with E-state index < -0.39 is 33.7 Å². The molecule has 0 saturated heterocycles. The standard InChI is InChI=1S/C11H11F3N4O2S/c1-3-7(19)17-18(8(20)4-2)10-16-9(11(12,13)14)6(5-15)21-10/h3-4H2,1-2H3,(H,17,19). The van der Waals surface area contributed by atoms with Gasteiger partial charge in [0.15, 0.2) is 5.69 Å². The van der Waals surface area contributed by atoms with Crippen LogP contribution in [0.5, 0.6) is 0 Å². The number of thiazole rings is 1. The van der Waals surface area contributed by atoms with E-state index in [1.165, 1.54) is 19.9 Å². The van der Waals surface area contributed by atoms with Crippen LogP contribution in [0.3, 0.4) is 0 Å². The number of hydrogen-bond acceptors (Lipinski definition) is 5. The summed E-state index contributed by atoms with van der Waals surface area (Å²) in [5, 5.41) is 8.98. The average molecular weight is 320 g/mol.